The normalized spacial score (nSPS) is 45.4. The molecule has 0 aromatic carbocycles. The summed E-state index contributed by atoms with van der Waals surface area (Å²) in [6.07, 6.45) is 2.08. The second kappa shape index (κ2) is 10.6. The van der Waals surface area contributed by atoms with Gasteiger partial charge in [0.05, 0.1) is 20.0 Å². The number of fused-ring (bicyclic) bond motifs is 7. The van der Waals surface area contributed by atoms with E-state index in [2.05, 4.69) is 0 Å². The van der Waals surface area contributed by atoms with Gasteiger partial charge in [0.1, 0.15) is 6.61 Å². The maximum atomic E-state index is 17.7. The van der Waals surface area contributed by atoms with Crippen LogP contribution in [0.1, 0.15) is 53.4 Å². The van der Waals surface area contributed by atoms with Gasteiger partial charge < -0.3 is 33.5 Å². The molecule has 0 amide bonds. The number of carbonyl (C=O) groups is 2. The van der Waals surface area contributed by atoms with Crippen molar-refractivity contribution in [2.75, 3.05) is 6.61 Å². The zero-order valence-corrected chi connectivity index (χ0v) is 29.3. The summed E-state index contributed by atoms with van der Waals surface area (Å²) < 4.78 is 46.8. The van der Waals surface area contributed by atoms with Crippen molar-refractivity contribution in [3.63, 3.8) is 0 Å². The fraction of sp³-hybridized carbons (Fsp3) is 0.750. The Morgan fingerprint density at radius 2 is 1.89 bits per heavy atom. The SMILES string of the molecule is CC1(C)O[C@@H]2C[C@H]3[C@@H]4CCC5=CC(=O)C=C[C@]5(C)[C@@]4(F)[C@@H](OP(=O)([O-])[O-])C[C@]3(C)[C@]2(C(=O)CO)O1.[K+].[K+]. The molecule has 37 heavy (non-hydrogen) atoms. The van der Waals surface area contributed by atoms with Crippen molar-refractivity contribution in [1.82, 2.24) is 0 Å². The van der Waals surface area contributed by atoms with Gasteiger partial charge in [-0.15, -0.1) is 0 Å². The molecule has 1 N–H and O–H groups in total. The van der Waals surface area contributed by atoms with Crippen LogP contribution in [-0.2, 0) is 28.2 Å². The number of hydrogen-bond donors (Lipinski definition) is 1. The molecule has 0 radical (unpaired) electrons. The van der Waals surface area contributed by atoms with Crippen LogP contribution < -0.4 is 113 Å². The van der Waals surface area contributed by atoms with Gasteiger partial charge in [-0.05, 0) is 64.5 Å². The largest absolute Gasteiger partial charge is 1.00 e. The molecule has 0 bridgehead atoms. The molecule has 1 aliphatic heterocycles. The summed E-state index contributed by atoms with van der Waals surface area (Å²) in [5, 5.41) is 9.88. The Bertz CT molecular complexity index is 1110. The number of Topliss-reactive ketones (excluding diaryl/α,β-unsaturated/α-hetero) is 1. The number of phosphoric ester groups is 1. The molecule has 4 fully saturated rings. The Balaban J connectivity index is 0.00000190. The van der Waals surface area contributed by atoms with Crippen LogP contribution in [0.3, 0.4) is 0 Å². The van der Waals surface area contributed by atoms with Gasteiger partial charge in [0.15, 0.2) is 28.6 Å². The number of halogens is 1. The molecule has 1 saturated heterocycles. The molecule has 9 nitrogen and oxygen atoms in total. The van der Waals surface area contributed by atoms with Gasteiger partial charge in [0, 0.05) is 16.7 Å². The monoisotopic (exact) mass is 590 g/mol. The zero-order valence-electron chi connectivity index (χ0n) is 22.1. The molecule has 0 spiro atoms. The molecule has 194 valence electrons. The van der Waals surface area contributed by atoms with E-state index in [1.54, 1.807) is 27.7 Å². The van der Waals surface area contributed by atoms with Crippen molar-refractivity contribution >= 4 is 19.4 Å². The van der Waals surface area contributed by atoms with E-state index < -0.39 is 72.1 Å². The number of aliphatic hydroxyl groups is 1. The van der Waals surface area contributed by atoms with Crippen molar-refractivity contribution in [3.05, 3.63) is 23.8 Å². The van der Waals surface area contributed by atoms with Gasteiger partial charge in [-0.3, -0.25) is 9.59 Å². The standard InChI is InChI=1S/C24H32FO9P.2K/c1-20(2)32-18-10-16-15-6-5-13-9-14(27)7-8-21(13,3)23(15,25)19(33-35(29,30)31)11-22(16,4)24(18,34-20)17(28)12-26;;/h7-9,15-16,18-19,26H,5-6,10-12H2,1-4H3,(H2,29,30,31);;/q;2*+1/p-2/t15-,16-,18+,19-,21-,22-,23-,24+;;/m0../s1. The van der Waals surface area contributed by atoms with E-state index >= 15 is 4.39 Å². The van der Waals surface area contributed by atoms with Crippen molar-refractivity contribution in [2.24, 2.45) is 22.7 Å². The van der Waals surface area contributed by atoms with Crippen LogP contribution in [0.2, 0.25) is 0 Å². The minimum atomic E-state index is -5.66. The molecule has 3 saturated carbocycles. The van der Waals surface area contributed by atoms with E-state index in [-0.39, 0.29) is 128 Å². The van der Waals surface area contributed by atoms with Gasteiger partial charge in [-0.2, -0.15) is 0 Å². The number of aliphatic hydroxyl groups excluding tert-OH is 1. The van der Waals surface area contributed by atoms with E-state index in [4.69, 9.17) is 14.0 Å². The first-order chi connectivity index (χ1) is 16.0. The molecular weight excluding hydrogens is 560 g/mol. The number of carbonyl (C=O) groups excluding carboxylic acids is 2. The summed E-state index contributed by atoms with van der Waals surface area (Å²) in [5.41, 5.74) is -6.10. The van der Waals surface area contributed by atoms with Gasteiger partial charge in [0.2, 0.25) is 0 Å². The minimum absolute atomic E-state index is 0. The number of allylic oxidation sites excluding steroid dienone is 4. The van der Waals surface area contributed by atoms with E-state index in [0.29, 0.717) is 12.0 Å². The van der Waals surface area contributed by atoms with Gasteiger partial charge in [0.25, 0.3) is 0 Å². The van der Waals surface area contributed by atoms with Crippen LogP contribution in [0.4, 0.5) is 4.39 Å². The molecule has 8 atom stereocenters. The molecule has 0 unspecified atom stereocenters. The Hall–Kier alpha value is 2.01. The molecule has 5 aliphatic rings. The maximum Gasteiger partial charge on any atom is 1.00 e. The van der Waals surface area contributed by atoms with Crippen LogP contribution in [0.25, 0.3) is 0 Å². The first-order valence-electron chi connectivity index (χ1n) is 11.9. The fourth-order valence-corrected chi connectivity index (χ4v) is 8.70. The van der Waals surface area contributed by atoms with Gasteiger partial charge >= 0.3 is 103 Å². The fourth-order valence-electron chi connectivity index (χ4n) is 8.16. The van der Waals surface area contributed by atoms with Gasteiger partial charge in [-0.25, -0.2) is 4.39 Å². The zero-order chi connectivity index (χ0) is 25.8. The summed E-state index contributed by atoms with van der Waals surface area (Å²) >= 11 is 0. The number of phosphoric acid groups is 1. The van der Waals surface area contributed by atoms with Crippen molar-refractivity contribution < 1.29 is 150 Å². The second-order valence-corrected chi connectivity index (χ2v) is 12.6. The van der Waals surface area contributed by atoms with Gasteiger partial charge in [-0.1, -0.05) is 18.6 Å². The number of hydrogen-bond acceptors (Lipinski definition) is 9. The molecule has 0 aromatic heterocycles. The maximum absolute atomic E-state index is 17.7. The van der Waals surface area contributed by atoms with Crippen molar-refractivity contribution in [2.45, 2.75) is 82.6 Å². The Kier molecular flexibility index (Phi) is 9.62. The van der Waals surface area contributed by atoms with Crippen LogP contribution in [-0.4, -0.2) is 52.5 Å². The summed E-state index contributed by atoms with van der Waals surface area (Å²) in [5.74, 6) is -3.44. The topological polar surface area (TPSA) is 145 Å². The first kappa shape index (κ1) is 33.5. The third-order valence-corrected chi connectivity index (χ3v) is 9.94. The summed E-state index contributed by atoms with van der Waals surface area (Å²) in [4.78, 5) is 49.1. The molecule has 1 heterocycles. The van der Waals surface area contributed by atoms with Crippen LogP contribution in [0, 0.1) is 22.7 Å². The third kappa shape index (κ3) is 4.74. The summed E-state index contributed by atoms with van der Waals surface area (Å²) in [7, 11) is -5.66. The smallest absolute Gasteiger partial charge is 0.790 e. The number of rotatable bonds is 4. The average molecular weight is 591 g/mol. The first-order valence-corrected chi connectivity index (χ1v) is 13.4. The van der Waals surface area contributed by atoms with E-state index in [9.17, 15) is 29.0 Å². The summed E-state index contributed by atoms with van der Waals surface area (Å²) in [6.45, 7) is 5.73. The van der Waals surface area contributed by atoms with Crippen LogP contribution in [0.15, 0.2) is 23.8 Å². The second-order valence-electron chi connectivity index (χ2n) is 11.5. The predicted octanol–water partition coefficient (Wildman–Crippen LogP) is -4.72. The molecular formula is C24H30FK2O9P. The Morgan fingerprint density at radius 3 is 2.49 bits per heavy atom. The predicted molar refractivity (Wildman–Crippen MR) is 115 cm³/mol. The number of ether oxygens (including phenoxy) is 2. The quantitative estimate of drug-likeness (QED) is 0.252. The Labute approximate surface area is 300 Å². The summed E-state index contributed by atoms with van der Waals surface area (Å²) in [6, 6.07) is 0. The Morgan fingerprint density at radius 1 is 1.24 bits per heavy atom. The average Bonchev–Trinajstić information content (AvgIpc) is 3.14. The van der Waals surface area contributed by atoms with Crippen LogP contribution >= 0.6 is 7.82 Å². The third-order valence-electron chi connectivity index (χ3n) is 9.42. The minimum Gasteiger partial charge on any atom is -0.790 e. The van der Waals surface area contributed by atoms with E-state index in [1.807, 2.05) is 0 Å². The van der Waals surface area contributed by atoms with E-state index in [0.717, 1.165) is 0 Å². The van der Waals surface area contributed by atoms with E-state index in [1.165, 1.54) is 18.2 Å². The number of alkyl halides is 1. The molecule has 0 aromatic rings. The molecule has 5 rings (SSSR count). The van der Waals surface area contributed by atoms with Crippen molar-refractivity contribution in [1.29, 1.82) is 0 Å². The van der Waals surface area contributed by atoms with Crippen molar-refractivity contribution in [3.8, 4) is 0 Å². The molecule has 4 aliphatic carbocycles. The van der Waals surface area contributed by atoms with Crippen LogP contribution in [0.5, 0.6) is 0 Å². The number of ketones is 2. The molecule has 13 heteroatoms.